The van der Waals surface area contributed by atoms with Crippen molar-refractivity contribution in [2.24, 2.45) is 5.84 Å². The molecule has 0 heterocycles. The number of rotatable bonds is 5. The molecule has 1 aromatic carbocycles. The molecule has 1 aromatic rings. The van der Waals surface area contributed by atoms with Crippen LogP contribution in [-0.2, 0) is 14.8 Å². The van der Waals surface area contributed by atoms with E-state index < -0.39 is 15.9 Å². The van der Waals surface area contributed by atoms with Crippen molar-refractivity contribution in [2.45, 2.75) is 6.42 Å². The number of hydrogen-bond acceptors (Lipinski definition) is 4. The highest BCUT2D eigenvalue weighted by atomic mass is 32.2. The van der Waals surface area contributed by atoms with Gasteiger partial charge in [0.25, 0.3) is 0 Å². The Morgan fingerprint density at radius 2 is 1.94 bits per heavy atom. The number of carbonyl (C=O) groups is 1. The molecule has 0 saturated carbocycles. The molecule has 1 amide bonds. The summed E-state index contributed by atoms with van der Waals surface area (Å²) in [5.41, 5.74) is 2.45. The number of hydrazine groups is 1. The van der Waals surface area contributed by atoms with Gasteiger partial charge in [0.15, 0.2) is 0 Å². The SMILES string of the molecule is CN(c1ccccc1)S(=O)(=O)CCC(=O)NN. The average Bonchev–Trinajstić information content (AvgIpc) is 2.36. The van der Waals surface area contributed by atoms with Crippen LogP contribution in [0.15, 0.2) is 30.3 Å². The molecule has 94 valence electrons. The van der Waals surface area contributed by atoms with E-state index in [9.17, 15) is 13.2 Å². The monoisotopic (exact) mass is 257 g/mol. The summed E-state index contributed by atoms with van der Waals surface area (Å²) in [6.07, 6.45) is -0.157. The van der Waals surface area contributed by atoms with Crippen molar-refractivity contribution < 1.29 is 13.2 Å². The van der Waals surface area contributed by atoms with Crippen molar-refractivity contribution in [1.29, 1.82) is 0 Å². The van der Waals surface area contributed by atoms with Crippen LogP contribution in [0, 0.1) is 0 Å². The molecule has 0 aromatic heterocycles. The molecule has 0 radical (unpaired) electrons. The van der Waals surface area contributed by atoms with Gasteiger partial charge in [-0.25, -0.2) is 14.3 Å². The van der Waals surface area contributed by atoms with Crippen LogP contribution in [0.25, 0.3) is 0 Å². The minimum Gasteiger partial charge on any atom is -0.294 e. The first kappa shape index (κ1) is 13.5. The van der Waals surface area contributed by atoms with Crippen LogP contribution in [0.2, 0.25) is 0 Å². The largest absolute Gasteiger partial charge is 0.294 e. The van der Waals surface area contributed by atoms with Crippen molar-refractivity contribution in [3.05, 3.63) is 30.3 Å². The van der Waals surface area contributed by atoms with E-state index in [4.69, 9.17) is 5.84 Å². The van der Waals surface area contributed by atoms with Gasteiger partial charge in [0, 0.05) is 13.5 Å². The lowest BCUT2D eigenvalue weighted by Crippen LogP contribution is -2.35. The predicted octanol–water partition coefficient (Wildman–Crippen LogP) is -0.167. The summed E-state index contributed by atoms with van der Waals surface area (Å²) >= 11 is 0. The number of nitrogens with zero attached hydrogens (tertiary/aromatic N) is 1. The maximum atomic E-state index is 11.9. The fourth-order valence-electron chi connectivity index (χ4n) is 1.23. The highest BCUT2D eigenvalue weighted by Crippen LogP contribution is 2.15. The zero-order valence-corrected chi connectivity index (χ0v) is 10.3. The number of anilines is 1. The lowest BCUT2D eigenvalue weighted by molar-refractivity contribution is -0.120. The van der Waals surface area contributed by atoms with Crippen molar-refractivity contribution in [3.63, 3.8) is 0 Å². The minimum atomic E-state index is -3.50. The topological polar surface area (TPSA) is 92.5 Å². The van der Waals surface area contributed by atoms with Gasteiger partial charge in [0.1, 0.15) is 0 Å². The molecular formula is C10H15N3O3S. The lowest BCUT2D eigenvalue weighted by atomic mass is 10.3. The maximum Gasteiger partial charge on any atom is 0.235 e. The number of carbonyl (C=O) groups excluding carboxylic acids is 1. The smallest absolute Gasteiger partial charge is 0.235 e. The Labute approximate surface area is 100 Å². The maximum absolute atomic E-state index is 11.9. The van der Waals surface area contributed by atoms with E-state index in [0.717, 1.165) is 4.31 Å². The van der Waals surface area contributed by atoms with Gasteiger partial charge in [0.2, 0.25) is 15.9 Å². The molecule has 17 heavy (non-hydrogen) atoms. The Balaban J connectivity index is 2.74. The standard InChI is InChI=1S/C10H15N3O3S/c1-13(9-5-3-2-4-6-9)17(15,16)8-7-10(14)12-11/h2-6H,7-8,11H2,1H3,(H,12,14). The number of nitrogens with two attached hydrogens (primary N) is 1. The van der Waals surface area contributed by atoms with Crippen LogP contribution in [0.5, 0.6) is 0 Å². The minimum absolute atomic E-state index is 0.157. The zero-order valence-electron chi connectivity index (χ0n) is 9.46. The van der Waals surface area contributed by atoms with Gasteiger partial charge in [0.05, 0.1) is 11.4 Å². The van der Waals surface area contributed by atoms with Crippen molar-refractivity contribution in [3.8, 4) is 0 Å². The van der Waals surface area contributed by atoms with E-state index in [1.54, 1.807) is 30.3 Å². The van der Waals surface area contributed by atoms with E-state index in [1.807, 2.05) is 5.43 Å². The first-order valence-electron chi connectivity index (χ1n) is 4.98. The molecule has 3 N–H and O–H groups in total. The Morgan fingerprint density at radius 1 is 1.35 bits per heavy atom. The molecule has 1 rings (SSSR count). The molecule has 7 heteroatoms. The molecule has 0 aliphatic heterocycles. The van der Waals surface area contributed by atoms with Gasteiger partial charge in [-0.2, -0.15) is 0 Å². The summed E-state index contributed by atoms with van der Waals surface area (Å²) in [6, 6.07) is 8.65. The van der Waals surface area contributed by atoms with Crippen LogP contribution in [0.4, 0.5) is 5.69 Å². The highest BCUT2D eigenvalue weighted by Gasteiger charge is 2.19. The third kappa shape index (κ3) is 3.72. The van der Waals surface area contributed by atoms with Crippen LogP contribution >= 0.6 is 0 Å². The summed E-state index contributed by atoms with van der Waals surface area (Å²) in [6.45, 7) is 0. The molecule has 6 nitrogen and oxygen atoms in total. The van der Waals surface area contributed by atoms with E-state index >= 15 is 0 Å². The highest BCUT2D eigenvalue weighted by molar-refractivity contribution is 7.92. The second-order valence-electron chi connectivity index (χ2n) is 3.44. The number of hydrogen-bond donors (Lipinski definition) is 2. The molecule has 0 bridgehead atoms. The first-order chi connectivity index (χ1) is 7.97. The summed E-state index contributed by atoms with van der Waals surface area (Å²) in [5, 5.41) is 0. The van der Waals surface area contributed by atoms with Crippen LogP contribution in [0.3, 0.4) is 0 Å². The van der Waals surface area contributed by atoms with Crippen LogP contribution in [0.1, 0.15) is 6.42 Å². The van der Waals surface area contributed by atoms with Crippen molar-refractivity contribution in [2.75, 3.05) is 17.1 Å². The van der Waals surface area contributed by atoms with Crippen LogP contribution < -0.4 is 15.6 Å². The van der Waals surface area contributed by atoms with E-state index in [2.05, 4.69) is 0 Å². The lowest BCUT2D eigenvalue weighted by Gasteiger charge is -2.18. The molecule has 0 spiro atoms. The van der Waals surface area contributed by atoms with Gasteiger partial charge in [-0.3, -0.25) is 14.5 Å². The third-order valence-electron chi connectivity index (χ3n) is 2.29. The molecule has 0 atom stereocenters. The van der Waals surface area contributed by atoms with Crippen molar-refractivity contribution in [1.82, 2.24) is 5.43 Å². The van der Waals surface area contributed by atoms with Gasteiger partial charge in [-0.05, 0) is 12.1 Å². The quantitative estimate of drug-likeness (QED) is 0.435. The molecule has 0 aliphatic rings. The number of amides is 1. The zero-order chi connectivity index (χ0) is 12.9. The fraction of sp³-hybridized carbons (Fsp3) is 0.300. The Kier molecular flexibility index (Phi) is 4.47. The third-order valence-corrected chi connectivity index (χ3v) is 4.05. The predicted molar refractivity (Wildman–Crippen MR) is 65.6 cm³/mol. The van der Waals surface area contributed by atoms with Crippen molar-refractivity contribution >= 4 is 21.6 Å². The number of para-hydroxylation sites is 1. The average molecular weight is 257 g/mol. The van der Waals surface area contributed by atoms with Gasteiger partial charge in [-0.1, -0.05) is 18.2 Å². The fourth-order valence-corrected chi connectivity index (χ4v) is 2.39. The molecule has 0 fully saturated rings. The Bertz CT molecular complexity index is 473. The van der Waals surface area contributed by atoms with E-state index in [0.29, 0.717) is 5.69 Å². The normalized spacial score (nSPS) is 10.9. The molecular weight excluding hydrogens is 242 g/mol. The first-order valence-corrected chi connectivity index (χ1v) is 6.59. The summed E-state index contributed by atoms with van der Waals surface area (Å²) in [7, 11) is -2.05. The summed E-state index contributed by atoms with van der Waals surface area (Å²) in [4.78, 5) is 10.9. The van der Waals surface area contributed by atoms with E-state index in [-0.39, 0.29) is 12.2 Å². The number of nitrogens with one attached hydrogen (secondary N) is 1. The number of sulfonamides is 1. The van der Waals surface area contributed by atoms with Gasteiger partial charge in [-0.15, -0.1) is 0 Å². The molecule has 0 aliphatic carbocycles. The van der Waals surface area contributed by atoms with E-state index in [1.165, 1.54) is 7.05 Å². The van der Waals surface area contributed by atoms with Gasteiger partial charge >= 0.3 is 0 Å². The van der Waals surface area contributed by atoms with Gasteiger partial charge < -0.3 is 0 Å². The molecule has 0 unspecified atom stereocenters. The Morgan fingerprint density at radius 3 is 2.47 bits per heavy atom. The summed E-state index contributed by atoms with van der Waals surface area (Å²) in [5.74, 6) is 4.10. The molecule has 0 saturated heterocycles. The second-order valence-corrected chi connectivity index (χ2v) is 5.56. The van der Waals surface area contributed by atoms with Crippen LogP contribution in [-0.4, -0.2) is 27.1 Å². The Hall–Kier alpha value is -1.60. The number of benzene rings is 1. The summed E-state index contributed by atoms with van der Waals surface area (Å²) < 4.78 is 24.9. The second kappa shape index (κ2) is 5.65.